The molecule has 0 unspecified atom stereocenters. The van der Waals surface area contributed by atoms with Gasteiger partial charge < -0.3 is 19.9 Å². The van der Waals surface area contributed by atoms with Crippen molar-refractivity contribution in [2.24, 2.45) is 4.99 Å². The molecule has 0 radical (unpaired) electrons. The van der Waals surface area contributed by atoms with Crippen molar-refractivity contribution in [2.75, 3.05) is 52.3 Å². The second-order valence-corrected chi connectivity index (χ2v) is 7.45. The Morgan fingerprint density at radius 2 is 1.96 bits per heavy atom. The molecule has 0 spiro atoms. The van der Waals surface area contributed by atoms with Gasteiger partial charge in [0.1, 0.15) is 18.4 Å². The van der Waals surface area contributed by atoms with Crippen molar-refractivity contribution < 1.29 is 9.53 Å². The molecule has 1 aromatic carbocycles. The summed E-state index contributed by atoms with van der Waals surface area (Å²) in [5.41, 5.74) is 0. The number of halogens is 1. The van der Waals surface area contributed by atoms with Gasteiger partial charge in [-0.3, -0.25) is 4.79 Å². The van der Waals surface area contributed by atoms with E-state index in [2.05, 4.69) is 21.5 Å². The first-order chi connectivity index (χ1) is 12.6. The minimum atomic E-state index is 0. The number of likely N-dealkylation sites (N-methyl/N-ethyl adjacent to an activating group) is 1. The number of hydrogen-bond acceptors (Lipinski definition) is 4. The van der Waals surface area contributed by atoms with Crippen LogP contribution in [0.25, 0.3) is 0 Å². The van der Waals surface area contributed by atoms with Gasteiger partial charge in [0, 0.05) is 52.3 Å². The lowest BCUT2D eigenvalue weighted by molar-refractivity contribution is -0.127. The summed E-state index contributed by atoms with van der Waals surface area (Å²) in [7, 11) is 3.51. The van der Waals surface area contributed by atoms with Crippen LogP contribution in [0.5, 0.6) is 5.75 Å². The van der Waals surface area contributed by atoms with Crippen LogP contribution < -0.4 is 10.1 Å². The molecule has 0 atom stereocenters. The Kier molecular flexibility index (Phi) is 11.6. The fourth-order valence-corrected chi connectivity index (χ4v) is 3.00. The highest BCUT2D eigenvalue weighted by atomic mass is 127. The second kappa shape index (κ2) is 13.1. The van der Waals surface area contributed by atoms with Gasteiger partial charge in [-0.1, -0.05) is 18.2 Å². The molecule has 1 aromatic rings. The zero-order chi connectivity index (χ0) is 18.8. The predicted molar refractivity (Wildman–Crippen MR) is 124 cm³/mol. The fourth-order valence-electron chi connectivity index (χ4n) is 2.69. The Morgan fingerprint density at radius 3 is 2.56 bits per heavy atom. The van der Waals surface area contributed by atoms with Crippen molar-refractivity contribution in [3.63, 3.8) is 0 Å². The first-order valence-corrected chi connectivity index (χ1v) is 10.4. The Bertz CT molecular complexity index is 578. The summed E-state index contributed by atoms with van der Waals surface area (Å²) < 4.78 is 6.06. The van der Waals surface area contributed by atoms with E-state index in [4.69, 9.17) is 4.74 Å². The molecule has 1 fully saturated rings. The Morgan fingerprint density at radius 1 is 1.30 bits per heavy atom. The van der Waals surface area contributed by atoms with Crippen molar-refractivity contribution in [1.82, 2.24) is 15.1 Å². The number of likely N-dealkylation sites (tertiary alicyclic amines) is 1. The van der Waals surface area contributed by atoms with E-state index >= 15 is 0 Å². The maximum absolute atomic E-state index is 11.9. The quantitative estimate of drug-likeness (QED) is 0.267. The summed E-state index contributed by atoms with van der Waals surface area (Å²) >= 11 is 1.79. The molecule has 0 aromatic heterocycles. The maximum atomic E-state index is 11.9. The smallest absolute Gasteiger partial charge is 0.243 e. The van der Waals surface area contributed by atoms with Gasteiger partial charge in [-0.2, -0.15) is 11.8 Å². The number of nitrogens with one attached hydrogen (secondary N) is 1. The van der Waals surface area contributed by atoms with Crippen molar-refractivity contribution in [2.45, 2.75) is 18.9 Å². The molecule has 1 saturated heterocycles. The molecule has 1 N–H and O–H groups in total. The normalized spacial score (nSPS) is 15.1. The minimum absolute atomic E-state index is 0. The molecule has 0 saturated carbocycles. The highest BCUT2D eigenvalue weighted by Crippen LogP contribution is 2.18. The molecule has 6 nitrogen and oxygen atoms in total. The van der Waals surface area contributed by atoms with E-state index in [1.54, 1.807) is 30.8 Å². The third kappa shape index (κ3) is 8.59. The number of rotatable bonds is 7. The SMILES string of the molecule is CSCCNC(=NCC(=O)N(C)C)N1CCC(Oc2ccccc2)CC1.I. The van der Waals surface area contributed by atoms with Crippen LogP contribution in [0.3, 0.4) is 0 Å². The Labute approximate surface area is 184 Å². The van der Waals surface area contributed by atoms with Crippen LogP contribution in [0.15, 0.2) is 35.3 Å². The summed E-state index contributed by atoms with van der Waals surface area (Å²) in [5.74, 6) is 2.77. The summed E-state index contributed by atoms with van der Waals surface area (Å²) in [6, 6.07) is 9.97. The lowest BCUT2D eigenvalue weighted by atomic mass is 10.1. The first kappa shape index (κ1) is 23.9. The summed E-state index contributed by atoms with van der Waals surface area (Å²) in [6.45, 7) is 2.77. The van der Waals surface area contributed by atoms with Gasteiger partial charge in [0.25, 0.3) is 0 Å². The van der Waals surface area contributed by atoms with Crippen LogP contribution in [-0.2, 0) is 4.79 Å². The molecule has 8 heteroatoms. The van der Waals surface area contributed by atoms with Gasteiger partial charge in [-0.05, 0) is 18.4 Å². The average Bonchev–Trinajstić information content (AvgIpc) is 2.66. The number of benzene rings is 1. The number of amides is 1. The molecule has 1 amide bonds. The molecule has 0 aliphatic carbocycles. The third-order valence-corrected chi connectivity index (χ3v) is 4.85. The van der Waals surface area contributed by atoms with Crippen molar-refractivity contribution in [3.05, 3.63) is 30.3 Å². The van der Waals surface area contributed by atoms with Crippen LogP contribution in [0.4, 0.5) is 0 Å². The van der Waals surface area contributed by atoms with Crippen LogP contribution in [0.2, 0.25) is 0 Å². The van der Waals surface area contributed by atoms with E-state index in [0.717, 1.165) is 49.9 Å². The number of guanidine groups is 1. The lowest BCUT2D eigenvalue weighted by Crippen LogP contribution is -2.48. The van der Waals surface area contributed by atoms with Gasteiger partial charge in [0.15, 0.2) is 5.96 Å². The van der Waals surface area contributed by atoms with Crippen LogP contribution in [0, 0.1) is 0 Å². The molecular weight excluding hydrogens is 475 g/mol. The van der Waals surface area contributed by atoms with Gasteiger partial charge >= 0.3 is 0 Å². The Balaban J connectivity index is 0.00000364. The standard InChI is InChI=1S/C19H30N4O2S.HI/c1-22(2)18(24)15-21-19(20-11-14-26-3)23-12-9-17(10-13-23)25-16-7-5-4-6-8-16;/h4-8,17H,9-15H2,1-3H3,(H,20,21);1H. The number of ether oxygens (including phenoxy) is 1. The number of piperidine rings is 1. The summed E-state index contributed by atoms with van der Waals surface area (Å²) in [4.78, 5) is 20.2. The number of thioether (sulfide) groups is 1. The van der Waals surface area contributed by atoms with E-state index in [9.17, 15) is 4.79 Å². The second-order valence-electron chi connectivity index (χ2n) is 6.46. The zero-order valence-electron chi connectivity index (χ0n) is 16.4. The largest absolute Gasteiger partial charge is 0.490 e. The Hall–Kier alpha value is -1.16. The first-order valence-electron chi connectivity index (χ1n) is 9.04. The molecule has 1 heterocycles. The zero-order valence-corrected chi connectivity index (χ0v) is 19.5. The summed E-state index contributed by atoms with van der Waals surface area (Å²) in [6.07, 6.45) is 4.20. The van der Waals surface area contributed by atoms with E-state index < -0.39 is 0 Å². The van der Waals surface area contributed by atoms with Crippen molar-refractivity contribution in [1.29, 1.82) is 0 Å². The molecule has 27 heavy (non-hydrogen) atoms. The van der Waals surface area contributed by atoms with E-state index in [1.165, 1.54) is 0 Å². The van der Waals surface area contributed by atoms with Gasteiger partial charge in [-0.15, -0.1) is 24.0 Å². The van der Waals surface area contributed by atoms with E-state index in [1.807, 2.05) is 30.3 Å². The minimum Gasteiger partial charge on any atom is -0.490 e. The van der Waals surface area contributed by atoms with Crippen molar-refractivity contribution in [3.8, 4) is 5.75 Å². The average molecular weight is 506 g/mol. The third-order valence-electron chi connectivity index (χ3n) is 4.24. The van der Waals surface area contributed by atoms with Gasteiger partial charge in [0.2, 0.25) is 5.91 Å². The van der Waals surface area contributed by atoms with Crippen LogP contribution in [0.1, 0.15) is 12.8 Å². The highest BCUT2D eigenvalue weighted by Gasteiger charge is 2.23. The molecule has 1 aliphatic rings. The number of para-hydroxylation sites is 1. The fraction of sp³-hybridized carbons (Fsp3) is 0.579. The molecule has 1 aliphatic heterocycles. The predicted octanol–water partition coefficient (Wildman–Crippen LogP) is 2.54. The highest BCUT2D eigenvalue weighted by molar-refractivity contribution is 14.0. The molecular formula is C19H31IN4O2S. The van der Waals surface area contributed by atoms with E-state index in [0.29, 0.717) is 0 Å². The molecule has 2 rings (SSSR count). The van der Waals surface area contributed by atoms with Crippen molar-refractivity contribution >= 4 is 47.6 Å². The number of aliphatic imine (C=N–C) groups is 1. The topological polar surface area (TPSA) is 57.2 Å². The van der Waals surface area contributed by atoms with E-state index in [-0.39, 0.29) is 42.5 Å². The van der Waals surface area contributed by atoms with Crippen LogP contribution >= 0.6 is 35.7 Å². The monoisotopic (exact) mass is 506 g/mol. The molecule has 152 valence electrons. The maximum Gasteiger partial charge on any atom is 0.243 e. The molecule has 0 bridgehead atoms. The lowest BCUT2D eigenvalue weighted by Gasteiger charge is -2.34. The number of hydrogen-bond donors (Lipinski definition) is 1. The number of carbonyl (C=O) groups is 1. The van der Waals surface area contributed by atoms with Gasteiger partial charge in [-0.25, -0.2) is 4.99 Å². The summed E-state index contributed by atoms with van der Waals surface area (Å²) in [5, 5.41) is 3.39. The number of carbonyl (C=O) groups excluding carboxylic acids is 1. The van der Waals surface area contributed by atoms with Crippen LogP contribution in [-0.4, -0.2) is 80.1 Å². The van der Waals surface area contributed by atoms with Gasteiger partial charge in [0.05, 0.1) is 0 Å². The number of nitrogens with zero attached hydrogens (tertiary/aromatic N) is 3.